The van der Waals surface area contributed by atoms with Crippen LogP contribution in [-0.2, 0) is 9.53 Å². The van der Waals surface area contributed by atoms with Crippen molar-refractivity contribution < 1.29 is 14.3 Å². The van der Waals surface area contributed by atoms with Crippen LogP contribution in [-0.4, -0.2) is 30.8 Å². The molecular formula is C13H18N2O3S. The van der Waals surface area contributed by atoms with Gasteiger partial charge in [0.1, 0.15) is 12.4 Å². The summed E-state index contributed by atoms with van der Waals surface area (Å²) in [5.41, 5.74) is 0.757. The van der Waals surface area contributed by atoms with Crippen LogP contribution in [0.25, 0.3) is 0 Å². The highest BCUT2D eigenvalue weighted by molar-refractivity contribution is 7.80. The predicted octanol–water partition coefficient (Wildman–Crippen LogP) is 1.93. The minimum absolute atomic E-state index is 0.207. The third kappa shape index (κ3) is 6.73. The Morgan fingerprint density at radius 2 is 2.16 bits per heavy atom. The maximum atomic E-state index is 10.8. The summed E-state index contributed by atoms with van der Waals surface area (Å²) in [5.74, 6) is 0.511. The number of benzene rings is 1. The van der Waals surface area contributed by atoms with Crippen molar-refractivity contribution in [2.45, 2.75) is 13.8 Å². The number of rotatable bonds is 6. The van der Waals surface area contributed by atoms with E-state index in [0.717, 1.165) is 11.4 Å². The summed E-state index contributed by atoms with van der Waals surface area (Å²) < 4.78 is 10.7. The molecule has 0 saturated heterocycles. The number of amides is 1. The van der Waals surface area contributed by atoms with Crippen LogP contribution in [0.1, 0.15) is 13.8 Å². The molecule has 0 unspecified atom stereocenters. The first-order chi connectivity index (χ1) is 9.11. The Morgan fingerprint density at radius 1 is 1.37 bits per heavy atom. The second-order valence-electron chi connectivity index (χ2n) is 3.71. The summed E-state index contributed by atoms with van der Waals surface area (Å²) in [6.07, 6.45) is 0. The molecule has 6 heteroatoms. The van der Waals surface area contributed by atoms with Crippen molar-refractivity contribution in [1.29, 1.82) is 0 Å². The number of hydrogen-bond acceptors (Lipinski definition) is 4. The Hall–Kier alpha value is -1.66. The molecule has 0 atom stereocenters. The lowest BCUT2D eigenvalue weighted by Gasteiger charge is -2.10. The van der Waals surface area contributed by atoms with Crippen molar-refractivity contribution in [2.24, 2.45) is 0 Å². The molecule has 1 aromatic rings. The molecule has 0 fully saturated rings. The van der Waals surface area contributed by atoms with E-state index >= 15 is 0 Å². The van der Waals surface area contributed by atoms with Crippen molar-refractivity contribution in [3.05, 3.63) is 24.3 Å². The summed E-state index contributed by atoms with van der Waals surface area (Å²) in [6, 6.07) is 7.33. The summed E-state index contributed by atoms with van der Waals surface area (Å²) in [7, 11) is 0. The number of ether oxygens (including phenoxy) is 2. The first-order valence-corrected chi connectivity index (χ1v) is 6.42. The topological polar surface area (TPSA) is 59.6 Å². The van der Waals surface area contributed by atoms with Crippen LogP contribution >= 0.6 is 12.2 Å². The fourth-order valence-electron chi connectivity index (χ4n) is 1.35. The number of thiocarbonyl (C=S) groups is 1. The fourth-order valence-corrected chi connectivity index (χ4v) is 1.61. The van der Waals surface area contributed by atoms with E-state index in [2.05, 4.69) is 10.6 Å². The molecule has 0 aliphatic rings. The zero-order valence-electron chi connectivity index (χ0n) is 11.1. The normalized spacial score (nSPS) is 9.79. The molecule has 0 aliphatic heterocycles. The van der Waals surface area contributed by atoms with Crippen molar-refractivity contribution in [3.63, 3.8) is 0 Å². The van der Waals surface area contributed by atoms with Gasteiger partial charge in [0.25, 0.3) is 0 Å². The third-order valence-corrected chi connectivity index (χ3v) is 2.29. The second kappa shape index (κ2) is 8.44. The zero-order chi connectivity index (χ0) is 14.1. The maximum Gasteiger partial charge on any atom is 0.222 e. The molecule has 0 saturated carbocycles. The van der Waals surface area contributed by atoms with Crippen molar-refractivity contribution in [1.82, 2.24) is 5.32 Å². The monoisotopic (exact) mass is 282 g/mol. The lowest BCUT2D eigenvalue weighted by molar-refractivity contribution is -0.117. The van der Waals surface area contributed by atoms with Crippen LogP contribution in [0.5, 0.6) is 5.75 Å². The Labute approximate surface area is 118 Å². The van der Waals surface area contributed by atoms with Gasteiger partial charge < -0.3 is 20.1 Å². The summed E-state index contributed by atoms with van der Waals surface area (Å²) in [5, 5.41) is 5.66. The molecule has 0 bridgehead atoms. The van der Waals surface area contributed by atoms with E-state index in [0.29, 0.717) is 19.8 Å². The minimum Gasteiger partial charge on any atom is -0.491 e. The first kappa shape index (κ1) is 15.4. The van der Waals surface area contributed by atoms with Crippen LogP contribution in [0.4, 0.5) is 5.69 Å². The molecule has 0 aromatic heterocycles. The number of carbonyl (C=O) groups excluding carboxylic acids is 1. The number of carbonyl (C=O) groups is 1. The number of nitrogens with one attached hydrogen (secondary N) is 2. The highest BCUT2D eigenvalue weighted by Gasteiger charge is 2.01. The van der Waals surface area contributed by atoms with Gasteiger partial charge in [-0.15, -0.1) is 0 Å². The van der Waals surface area contributed by atoms with Crippen molar-refractivity contribution in [3.8, 4) is 5.75 Å². The van der Waals surface area contributed by atoms with Gasteiger partial charge >= 0.3 is 0 Å². The Kier molecular flexibility index (Phi) is 6.84. The minimum atomic E-state index is -0.207. The van der Waals surface area contributed by atoms with Gasteiger partial charge in [0, 0.05) is 25.3 Å². The molecule has 2 N–H and O–H groups in total. The van der Waals surface area contributed by atoms with E-state index in [4.69, 9.17) is 21.7 Å². The van der Waals surface area contributed by atoms with Gasteiger partial charge in [-0.25, -0.2) is 0 Å². The quantitative estimate of drug-likeness (QED) is 0.617. The zero-order valence-corrected chi connectivity index (χ0v) is 11.9. The Morgan fingerprint density at radius 3 is 2.84 bits per heavy atom. The smallest absolute Gasteiger partial charge is 0.222 e. The summed E-state index contributed by atoms with van der Waals surface area (Å²) in [4.78, 5) is 10.8. The molecule has 1 amide bonds. The van der Waals surface area contributed by atoms with E-state index in [9.17, 15) is 4.79 Å². The number of hydrogen-bond donors (Lipinski definition) is 2. The highest BCUT2D eigenvalue weighted by atomic mass is 32.1. The van der Waals surface area contributed by atoms with Crippen LogP contribution in [0.15, 0.2) is 24.3 Å². The molecule has 0 radical (unpaired) electrons. The maximum absolute atomic E-state index is 10.8. The van der Waals surface area contributed by atoms with E-state index in [1.807, 2.05) is 25.1 Å². The van der Waals surface area contributed by atoms with E-state index < -0.39 is 0 Å². The highest BCUT2D eigenvalue weighted by Crippen LogP contribution is 2.17. The van der Waals surface area contributed by atoms with E-state index in [1.165, 1.54) is 6.92 Å². The molecule has 1 rings (SSSR count). The molecular weight excluding hydrogens is 264 g/mol. The van der Waals surface area contributed by atoms with Gasteiger partial charge in [-0.2, -0.15) is 0 Å². The van der Waals surface area contributed by atoms with Crippen LogP contribution in [0.3, 0.4) is 0 Å². The lowest BCUT2D eigenvalue weighted by Crippen LogP contribution is -2.32. The molecule has 0 aliphatic carbocycles. The molecule has 104 valence electrons. The first-order valence-electron chi connectivity index (χ1n) is 6.01. The summed E-state index contributed by atoms with van der Waals surface area (Å²) in [6.45, 7) is 5.07. The molecule has 5 nitrogen and oxygen atoms in total. The van der Waals surface area contributed by atoms with Crippen LogP contribution < -0.4 is 15.4 Å². The van der Waals surface area contributed by atoms with Crippen LogP contribution in [0, 0.1) is 0 Å². The average molecular weight is 282 g/mol. The predicted molar refractivity (Wildman–Crippen MR) is 78.5 cm³/mol. The van der Waals surface area contributed by atoms with Gasteiger partial charge in [-0.3, -0.25) is 4.79 Å². The molecule has 19 heavy (non-hydrogen) atoms. The largest absolute Gasteiger partial charge is 0.491 e. The standard InChI is InChI=1S/C13H18N2O3S/c1-3-17-7-8-18-12-6-4-5-11(9-12)15-13(19)14-10(2)16/h4-6,9H,3,7-8H2,1-2H3,(H2,14,15,16,19). The average Bonchev–Trinajstić information content (AvgIpc) is 2.34. The molecule has 1 aromatic carbocycles. The third-order valence-electron chi connectivity index (χ3n) is 2.08. The van der Waals surface area contributed by atoms with E-state index in [1.54, 1.807) is 6.07 Å². The van der Waals surface area contributed by atoms with E-state index in [-0.39, 0.29) is 11.0 Å². The molecule has 0 spiro atoms. The number of anilines is 1. The van der Waals surface area contributed by atoms with Gasteiger partial charge in [-0.05, 0) is 31.3 Å². The van der Waals surface area contributed by atoms with Crippen molar-refractivity contribution in [2.75, 3.05) is 25.1 Å². The van der Waals surface area contributed by atoms with Gasteiger partial charge in [0.2, 0.25) is 5.91 Å². The fraction of sp³-hybridized carbons (Fsp3) is 0.385. The van der Waals surface area contributed by atoms with Crippen molar-refractivity contribution >= 4 is 28.9 Å². The van der Waals surface area contributed by atoms with Gasteiger partial charge in [0.05, 0.1) is 6.61 Å². The SMILES string of the molecule is CCOCCOc1cccc(NC(=S)NC(C)=O)c1. The van der Waals surface area contributed by atoms with Gasteiger partial charge in [-0.1, -0.05) is 6.07 Å². The lowest BCUT2D eigenvalue weighted by atomic mass is 10.3. The van der Waals surface area contributed by atoms with Gasteiger partial charge in [0.15, 0.2) is 5.11 Å². The van der Waals surface area contributed by atoms with Crippen LogP contribution in [0.2, 0.25) is 0 Å². The Bertz CT molecular complexity index is 438. The Balaban J connectivity index is 2.47. The molecule has 0 heterocycles. The summed E-state index contributed by atoms with van der Waals surface area (Å²) >= 11 is 4.97. The second-order valence-corrected chi connectivity index (χ2v) is 4.12.